The van der Waals surface area contributed by atoms with Crippen LogP contribution in [0.3, 0.4) is 0 Å². The van der Waals surface area contributed by atoms with Crippen molar-refractivity contribution in [2.75, 3.05) is 33.2 Å². The second-order valence-corrected chi connectivity index (χ2v) is 5.37. The largest absolute Gasteiger partial charge is 0.451 e. The number of hydrazine groups is 1. The molecule has 1 amide bonds. The Morgan fingerprint density at radius 3 is 2.59 bits per heavy atom. The Morgan fingerprint density at radius 2 is 1.86 bits per heavy atom. The number of hydrogen-bond donors (Lipinski definition) is 1. The van der Waals surface area contributed by atoms with Crippen molar-refractivity contribution in [1.29, 1.82) is 0 Å². The normalized spacial score (nSPS) is 16.6. The van der Waals surface area contributed by atoms with Crippen molar-refractivity contribution < 1.29 is 13.6 Å². The van der Waals surface area contributed by atoms with Gasteiger partial charge in [0, 0.05) is 26.2 Å². The highest BCUT2D eigenvalue weighted by molar-refractivity contribution is 5.91. The van der Waals surface area contributed by atoms with Gasteiger partial charge in [0.1, 0.15) is 11.6 Å². The lowest BCUT2D eigenvalue weighted by molar-refractivity contribution is 0.0637. The zero-order chi connectivity index (χ0) is 15.5. The summed E-state index contributed by atoms with van der Waals surface area (Å²) in [4.78, 5) is 14.4. The predicted molar refractivity (Wildman–Crippen MR) is 80.6 cm³/mol. The van der Waals surface area contributed by atoms with Crippen LogP contribution in [-0.4, -0.2) is 49.0 Å². The summed E-state index contributed by atoms with van der Waals surface area (Å²) < 4.78 is 19.2. The van der Waals surface area contributed by atoms with Crippen molar-refractivity contribution in [3.63, 3.8) is 0 Å². The number of hydrogen-bond acceptors (Lipinski definition) is 4. The van der Waals surface area contributed by atoms with Crippen LogP contribution in [0.1, 0.15) is 10.6 Å². The van der Waals surface area contributed by atoms with E-state index >= 15 is 0 Å². The van der Waals surface area contributed by atoms with Crippen LogP contribution in [0.25, 0.3) is 11.3 Å². The van der Waals surface area contributed by atoms with E-state index in [-0.39, 0.29) is 17.5 Å². The smallest absolute Gasteiger partial charge is 0.301 e. The zero-order valence-electron chi connectivity index (χ0n) is 12.4. The number of amides is 1. The number of nitrogens with one attached hydrogen (secondary N) is 1. The maximum Gasteiger partial charge on any atom is 0.301 e. The molecule has 0 spiro atoms. The first-order valence-electron chi connectivity index (χ1n) is 7.23. The van der Waals surface area contributed by atoms with Gasteiger partial charge < -0.3 is 9.32 Å². The number of carbonyl (C=O) groups excluding carboxylic acids is 1. The van der Waals surface area contributed by atoms with E-state index in [4.69, 9.17) is 4.42 Å². The maximum absolute atomic E-state index is 13.7. The number of piperazine rings is 1. The van der Waals surface area contributed by atoms with Crippen LogP contribution < -0.4 is 5.43 Å². The third-order valence-electron chi connectivity index (χ3n) is 3.73. The molecule has 1 aromatic heterocycles. The van der Waals surface area contributed by atoms with Crippen molar-refractivity contribution in [2.24, 2.45) is 0 Å². The third kappa shape index (κ3) is 3.18. The van der Waals surface area contributed by atoms with Gasteiger partial charge in [0.25, 0.3) is 0 Å². The van der Waals surface area contributed by atoms with E-state index < -0.39 is 0 Å². The van der Waals surface area contributed by atoms with Gasteiger partial charge in [-0.05, 0) is 31.3 Å². The Hall–Kier alpha value is -2.18. The van der Waals surface area contributed by atoms with Crippen LogP contribution in [0.15, 0.2) is 40.8 Å². The first-order chi connectivity index (χ1) is 10.6. The van der Waals surface area contributed by atoms with Crippen molar-refractivity contribution in [3.8, 4) is 11.3 Å². The molecule has 0 atom stereocenters. The molecule has 0 unspecified atom stereocenters. The molecule has 3 rings (SSSR count). The van der Waals surface area contributed by atoms with E-state index in [9.17, 15) is 9.18 Å². The number of likely N-dealkylation sites (N-methyl/N-ethyl adjacent to an activating group) is 1. The molecule has 6 heteroatoms. The van der Waals surface area contributed by atoms with Gasteiger partial charge in [-0.1, -0.05) is 12.1 Å². The van der Waals surface area contributed by atoms with E-state index in [0.717, 1.165) is 26.2 Å². The molecule has 22 heavy (non-hydrogen) atoms. The number of benzene rings is 1. The summed E-state index contributed by atoms with van der Waals surface area (Å²) >= 11 is 0. The monoisotopic (exact) mass is 303 g/mol. The highest BCUT2D eigenvalue weighted by Crippen LogP contribution is 2.24. The van der Waals surface area contributed by atoms with Gasteiger partial charge >= 0.3 is 5.91 Å². The van der Waals surface area contributed by atoms with Crippen LogP contribution >= 0.6 is 0 Å². The number of furan rings is 1. The quantitative estimate of drug-likeness (QED) is 0.942. The average molecular weight is 303 g/mol. The molecule has 1 aromatic carbocycles. The van der Waals surface area contributed by atoms with Gasteiger partial charge in [-0.25, -0.2) is 9.40 Å². The minimum Gasteiger partial charge on any atom is -0.451 e. The molecule has 1 N–H and O–H groups in total. The Labute approximate surface area is 128 Å². The number of halogens is 1. The van der Waals surface area contributed by atoms with Crippen LogP contribution in [0.2, 0.25) is 0 Å². The molecule has 0 aliphatic carbocycles. The topological polar surface area (TPSA) is 48.7 Å². The molecule has 1 fully saturated rings. The zero-order valence-corrected chi connectivity index (χ0v) is 12.4. The molecular formula is C16H18FN3O2. The van der Waals surface area contributed by atoms with E-state index in [1.54, 1.807) is 30.3 Å². The van der Waals surface area contributed by atoms with Crippen LogP contribution in [0.4, 0.5) is 4.39 Å². The van der Waals surface area contributed by atoms with Crippen LogP contribution in [0, 0.1) is 5.82 Å². The number of carbonyl (C=O) groups is 1. The molecule has 0 saturated carbocycles. The van der Waals surface area contributed by atoms with Crippen molar-refractivity contribution >= 4 is 5.91 Å². The first-order valence-corrected chi connectivity index (χ1v) is 7.23. The van der Waals surface area contributed by atoms with Gasteiger partial charge in [0.2, 0.25) is 0 Å². The molecule has 2 aromatic rings. The van der Waals surface area contributed by atoms with E-state index in [0.29, 0.717) is 11.3 Å². The fraction of sp³-hybridized carbons (Fsp3) is 0.312. The van der Waals surface area contributed by atoms with E-state index in [1.807, 2.05) is 12.1 Å². The van der Waals surface area contributed by atoms with Gasteiger partial charge in [-0.2, -0.15) is 0 Å². The highest BCUT2D eigenvalue weighted by atomic mass is 19.1. The predicted octanol–water partition coefficient (Wildman–Crippen LogP) is 1.98. The molecule has 0 bridgehead atoms. The highest BCUT2D eigenvalue weighted by Gasteiger charge is 2.19. The minimum absolute atomic E-state index is 0.178. The van der Waals surface area contributed by atoms with Crippen molar-refractivity contribution in [2.45, 2.75) is 0 Å². The van der Waals surface area contributed by atoms with Gasteiger partial charge in [-0.15, -0.1) is 0 Å². The number of rotatable bonds is 3. The number of nitrogens with zero attached hydrogens (tertiary/aromatic N) is 2. The van der Waals surface area contributed by atoms with E-state index in [2.05, 4.69) is 10.3 Å². The summed E-state index contributed by atoms with van der Waals surface area (Å²) in [5, 5.41) is 1.87. The van der Waals surface area contributed by atoms with Crippen molar-refractivity contribution in [1.82, 2.24) is 15.3 Å². The van der Waals surface area contributed by atoms with Gasteiger partial charge in [-0.3, -0.25) is 10.2 Å². The van der Waals surface area contributed by atoms with E-state index in [1.165, 1.54) is 6.07 Å². The van der Waals surface area contributed by atoms with Gasteiger partial charge in [0.15, 0.2) is 5.76 Å². The lowest BCUT2D eigenvalue weighted by atomic mass is 10.1. The van der Waals surface area contributed by atoms with Crippen molar-refractivity contribution in [3.05, 3.63) is 48.0 Å². The first kappa shape index (κ1) is 14.7. The SMILES string of the molecule is CN1CCN(NC(=O)c2ccc(-c3ccccc3F)o2)CC1. The van der Waals surface area contributed by atoms with Gasteiger partial charge in [0.05, 0.1) is 5.56 Å². The Bertz CT molecular complexity index is 663. The Morgan fingerprint density at radius 1 is 1.14 bits per heavy atom. The third-order valence-corrected chi connectivity index (χ3v) is 3.73. The van der Waals surface area contributed by atoms with Crippen LogP contribution in [0.5, 0.6) is 0 Å². The second-order valence-electron chi connectivity index (χ2n) is 5.37. The summed E-state index contributed by atoms with van der Waals surface area (Å²) in [6.45, 7) is 3.34. The molecule has 1 aliphatic heterocycles. The minimum atomic E-state index is -0.372. The lowest BCUT2D eigenvalue weighted by Crippen LogP contribution is -2.52. The fourth-order valence-corrected chi connectivity index (χ4v) is 2.38. The summed E-state index contributed by atoms with van der Waals surface area (Å²) in [7, 11) is 2.05. The fourth-order valence-electron chi connectivity index (χ4n) is 2.38. The second kappa shape index (κ2) is 6.29. The molecule has 1 aliphatic rings. The molecule has 116 valence electrons. The summed E-state index contributed by atoms with van der Waals surface area (Å²) in [5.41, 5.74) is 3.16. The molecule has 1 saturated heterocycles. The Kier molecular flexibility index (Phi) is 4.22. The maximum atomic E-state index is 13.7. The Balaban J connectivity index is 1.68. The van der Waals surface area contributed by atoms with Crippen LogP contribution in [-0.2, 0) is 0 Å². The molecule has 0 radical (unpaired) electrons. The summed E-state index contributed by atoms with van der Waals surface area (Å²) in [6.07, 6.45) is 0. The lowest BCUT2D eigenvalue weighted by Gasteiger charge is -2.32. The summed E-state index contributed by atoms with van der Waals surface area (Å²) in [6, 6.07) is 9.50. The molecule has 5 nitrogen and oxygen atoms in total. The standard InChI is InChI=1S/C16H18FN3O2/c1-19-8-10-20(11-9-19)18-16(21)15-7-6-14(22-15)12-4-2-3-5-13(12)17/h2-7H,8-11H2,1H3,(H,18,21). The molecular weight excluding hydrogens is 285 g/mol. The molecule has 2 heterocycles. The average Bonchev–Trinajstić information content (AvgIpc) is 3.00. The summed E-state index contributed by atoms with van der Waals surface area (Å²) in [5.74, 6) is -0.158.